The molecule has 3 nitrogen and oxygen atoms in total. The van der Waals surface area contributed by atoms with E-state index in [-0.39, 0.29) is 5.78 Å². The summed E-state index contributed by atoms with van der Waals surface area (Å²) >= 11 is 0. The second-order valence-electron chi connectivity index (χ2n) is 5.16. The molecule has 0 unspecified atom stereocenters. The molecule has 4 heteroatoms. The van der Waals surface area contributed by atoms with Crippen molar-refractivity contribution < 1.29 is 13.2 Å². The Bertz CT molecular complexity index is 522. The number of hydrogen-bond acceptors (Lipinski definition) is 3. The number of rotatable bonds is 3. The zero-order valence-corrected chi connectivity index (χ0v) is 11.5. The van der Waals surface area contributed by atoms with Crippen LogP contribution in [-0.2, 0) is 9.84 Å². The van der Waals surface area contributed by atoms with Crippen LogP contribution in [0.4, 0.5) is 0 Å². The predicted molar refractivity (Wildman–Crippen MR) is 69.0 cm³/mol. The average molecular weight is 254 g/mol. The second-order valence-corrected chi connectivity index (χ2v) is 7.91. The van der Waals surface area contributed by atoms with Crippen molar-refractivity contribution in [3.63, 3.8) is 0 Å². The zero-order chi connectivity index (χ0) is 13.3. The van der Waals surface area contributed by atoms with Crippen molar-refractivity contribution in [2.24, 2.45) is 0 Å². The molecular weight excluding hydrogens is 236 g/mol. The molecule has 1 aromatic rings. The maximum Gasteiger partial charge on any atom is 0.177 e. The largest absolute Gasteiger partial charge is 0.293 e. The SMILES string of the molecule is Cc1cccc(C(=O)CS(=O)(=O)C(C)(C)C)c1. The summed E-state index contributed by atoms with van der Waals surface area (Å²) in [6, 6.07) is 6.98. The Labute approximate surface area is 103 Å². The first-order chi connectivity index (χ1) is 7.63. The van der Waals surface area contributed by atoms with E-state index in [4.69, 9.17) is 0 Å². The van der Waals surface area contributed by atoms with E-state index in [1.165, 1.54) is 0 Å². The van der Waals surface area contributed by atoms with Crippen LogP contribution >= 0.6 is 0 Å². The topological polar surface area (TPSA) is 51.2 Å². The molecule has 1 rings (SSSR count). The van der Waals surface area contributed by atoms with Gasteiger partial charge in [0.25, 0.3) is 0 Å². The maximum absolute atomic E-state index is 11.9. The molecule has 0 aliphatic heterocycles. The number of ketones is 1. The standard InChI is InChI=1S/C13H18O3S/c1-10-6-5-7-11(8-10)12(14)9-17(15,16)13(2,3)4/h5-8H,9H2,1-4H3. The Balaban J connectivity index is 2.96. The molecule has 94 valence electrons. The summed E-state index contributed by atoms with van der Waals surface area (Å²) in [5.74, 6) is -0.774. The molecule has 0 N–H and O–H groups in total. The third-order valence-electron chi connectivity index (χ3n) is 2.59. The lowest BCUT2D eigenvalue weighted by atomic mass is 10.1. The Morgan fingerprint density at radius 2 is 1.82 bits per heavy atom. The predicted octanol–water partition coefficient (Wildman–Crippen LogP) is 2.39. The summed E-state index contributed by atoms with van der Waals surface area (Å²) in [5.41, 5.74) is 1.40. The Morgan fingerprint density at radius 1 is 1.24 bits per heavy atom. The molecule has 0 aliphatic rings. The fraction of sp³-hybridized carbons (Fsp3) is 0.462. The van der Waals surface area contributed by atoms with Crippen molar-refractivity contribution in [3.8, 4) is 0 Å². The molecule has 0 aromatic heterocycles. The van der Waals surface area contributed by atoms with Gasteiger partial charge in [-0.05, 0) is 33.8 Å². The van der Waals surface area contributed by atoms with Gasteiger partial charge in [0.05, 0.1) is 4.75 Å². The van der Waals surface area contributed by atoms with Crippen molar-refractivity contribution in [3.05, 3.63) is 35.4 Å². The summed E-state index contributed by atoms with van der Waals surface area (Å²) in [5, 5.41) is 0. The molecule has 0 radical (unpaired) electrons. The van der Waals surface area contributed by atoms with Gasteiger partial charge in [0.2, 0.25) is 0 Å². The molecule has 1 aromatic carbocycles. The van der Waals surface area contributed by atoms with E-state index in [9.17, 15) is 13.2 Å². The lowest BCUT2D eigenvalue weighted by Crippen LogP contribution is -2.33. The van der Waals surface area contributed by atoms with Crippen LogP contribution < -0.4 is 0 Å². The van der Waals surface area contributed by atoms with Gasteiger partial charge in [0.1, 0.15) is 5.75 Å². The Hall–Kier alpha value is -1.16. The molecule has 0 saturated carbocycles. The molecule has 17 heavy (non-hydrogen) atoms. The van der Waals surface area contributed by atoms with Crippen molar-refractivity contribution in [2.45, 2.75) is 32.4 Å². The molecule has 0 aliphatic carbocycles. The summed E-state index contributed by atoms with van der Waals surface area (Å²) in [4.78, 5) is 11.9. The fourth-order valence-electron chi connectivity index (χ4n) is 1.29. The molecule has 0 saturated heterocycles. The molecule has 0 atom stereocenters. The van der Waals surface area contributed by atoms with Crippen LogP contribution in [0.1, 0.15) is 36.7 Å². The second kappa shape index (κ2) is 4.61. The monoisotopic (exact) mass is 254 g/mol. The van der Waals surface area contributed by atoms with E-state index in [1.54, 1.807) is 39.0 Å². The van der Waals surface area contributed by atoms with E-state index in [1.807, 2.05) is 13.0 Å². The lowest BCUT2D eigenvalue weighted by Gasteiger charge is -2.18. The van der Waals surface area contributed by atoms with Crippen molar-refractivity contribution in [1.82, 2.24) is 0 Å². The number of hydrogen-bond donors (Lipinski definition) is 0. The van der Waals surface area contributed by atoms with Gasteiger partial charge < -0.3 is 0 Å². The van der Waals surface area contributed by atoms with Crippen LogP contribution in [0, 0.1) is 6.92 Å². The first-order valence-electron chi connectivity index (χ1n) is 5.46. The third kappa shape index (κ3) is 3.40. The van der Waals surface area contributed by atoms with E-state index in [0.717, 1.165) is 5.56 Å². The van der Waals surface area contributed by atoms with Gasteiger partial charge in [0.15, 0.2) is 15.6 Å². The van der Waals surface area contributed by atoms with E-state index < -0.39 is 20.3 Å². The molecule has 0 heterocycles. The van der Waals surface area contributed by atoms with Gasteiger partial charge in [-0.25, -0.2) is 8.42 Å². The van der Waals surface area contributed by atoms with Crippen LogP contribution in [0.2, 0.25) is 0 Å². The van der Waals surface area contributed by atoms with Gasteiger partial charge >= 0.3 is 0 Å². The normalized spacial score (nSPS) is 12.5. The van der Waals surface area contributed by atoms with Gasteiger partial charge in [-0.15, -0.1) is 0 Å². The van der Waals surface area contributed by atoms with E-state index >= 15 is 0 Å². The molecule has 0 spiro atoms. The maximum atomic E-state index is 11.9. The van der Waals surface area contributed by atoms with Crippen molar-refractivity contribution in [2.75, 3.05) is 5.75 Å². The minimum atomic E-state index is -3.41. The summed E-state index contributed by atoms with van der Waals surface area (Å²) < 4.78 is 22.9. The number of carbonyl (C=O) groups is 1. The highest BCUT2D eigenvalue weighted by Crippen LogP contribution is 2.17. The first-order valence-corrected chi connectivity index (χ1v) is 7.11. The fourth-order valence-corrected chi connectivity index (χ4v) is 2.24. The number of sulfone groups is 1. The quantitative estimate of drug-likeness (QED) is 0.778. The minimum absolute atomic E-state index is 0.344. The van der Waals surface area contributed by atoms with E-state index in [0.29, 0.717) is 5.56 Å². The highest BCUT2D eigenvalue weighted by molar-refractivity contribution is 7.93. The Morgan fingerprint density at radius 3 is 2.29 bits per heavy atom. The lowest BCUT2D eigenvalue weighted by molar-refractivity contribution is 0.102. The van der Waals surface area contributed by atoms with Crippen LogP contribution in [-0.4, -0.2) is 24.7 Å². The first kappa shape index (κ1) is 13.9. The summed E-state index contributed by atoms with van der Waals surface area (Å²) in [6.07, 6.45) is 0. The van der Waals surface area contributed by atoms with Gasteiger partial charge in [-0.1, -0.05) is 23.8 Å². The highest BCUT2D eigenvalue weighted by Gasteiger charge is 2.31. The number of aryl methyl sites for hydroxylation is 1. The van der Waals surface area contributed by atoms with E-state index in [2.05, 4.69) is 0 Å². The summed E-state index contributed by atoms with van der Waals surface area (Å²) in [6.45, 7) is 6.68. The molecule has 0 amide bonds. The average Bonchev–Trinajstić information content (AvgIpc) is 2.15. The Kier molecular flexibility index (Phi) is 3.77. The molecular formula is C13H18O3S. The van der Waals surface area contributed by atoms with Crippen LogP contribution in [0.15, 0.2) is 24.3 Å². The highest BCUT2D eigenvalue weighted by atomic mass is 32.2. The van der Waals surface area contributed by atoms with Crippen molar-refractivity contribution >= 4 is 15.6 Å². The van der Waals surface area contributed by atoms with Crippen molar-refractivity contribution in [1.29, 1.82) is 0 Å². The smallest absolute Gasteiger partial charge is 0.177 e. The van der Waals surface area contributed by atoms with Crippen LogP contribution in [0.5, 0.6) is 0 Å². The van der Waals surface area contributed by atoms with Crippen LogP contribution in [0.3, 0.4) is 0 Å². The zero-order valence-electron chi connectivity index (χ0n) is 10.6. The summed E-state index contributed by atoms with van der Waals surface area (Å²) in [7, 11) is -3.41. The molecule has 0 bridgehead atoms. The van der Waals surface area contributed by atoms with Gasteiger partial charge in [-0.2, -0.15) is 0 Å². The van der Waals surface area contributed by atoms with Gasteiger partial charge in [-0.3, -0.25) is 4.79 Å². The van der Waals surface area contributed by atoms with Crippen LogP contribution in [0.25, 0.3) is 0 Å². The number of Topliss-reactive ketones (excluding diaryl/α,β-unsaturated/α-hetero) is 1. The minimum Gasteiger partial charge on any atom is -0.293 e. The molecule has 0 fully saturated rings. The number of carbonyl (C=O) groups excluding carboxylic acids is 1. The van der Waals surface area contributed by atoms with Gasteiger partial charge in [0, 0.05) is 5.56 Å². The number of benzene rings is 1. The third-order valence-corrected chi connectivity index (χ3v) is 5.10.